The highest BCUT2D eigenvalue weighted by Gasteiger charge is 2.08. The van der Waals surface area contributed by atoms with Crippen LogP contribution in [0.5, 0.6) is 0 Å². The quantitative estimate of drug-likeness (QED) is 0.556. The Hall–Kier alpha value is -1.98. The molecular weight excluding hydrogens is 206 g/mol. The summed E-state index contributed by atoms with van der Waals surface area (Å²) in [6.45, 7) is 3.70. The maximum atomic E-state index is 10.7. The lowest BCUT2D eigenvalue weighted by Gasteiger charge is -2.07. The van der Waals surface area contributed by atoms with Crippen molar-refractivity contribution in [3.8, 4) is 0 Å². The van der Waals surface area contributed by atoms with Gasteiger partial charge in [0.2, 0.25) is 5.91 Å². The molecule has 0 atom stereocenters. The summed E-state index contributed by atoms with van der Waals surface area (Å²) >= 11 is 0. The number of nitrogens with two attached hydrogens (primary N) is 2. The van der Waals surface area contributed by atoms with Crippen molar-refractivity contribution in [1.29, 1.82) is 0 Å². The van der Waals surface area contributed by atoms with Crippen LogP contribution in [0, 0.1) is 13.8 Å². The predicted molar refractivity (Wildman–Crippen MR) is 61.4 cm³/mol. The van der Waals surface area contributed by atoms with Crippen LogP contribution in [0.1, 0.15) is 23.4 Å². The summed E-state index contributed by atoms with van der Waals surface area (Å²) < 4.78 is 0. The molecule has 6 nitrogen and oxygen atoms in total. The highest BCUT2D eigenvalue weighted by molar-refractivity contribution is 5.74. The molecule has 4 N–H and O–H groups in total. The molecule has 86 valence electrons. The normalized spacial score (nSPS) is 10.9. The number of primary amides is 1. The Kier molecular flexibility index (Phi) is 3.93. The first-order valence-corrected chi connectivity index (χ1v) is 4.91. The lowest BCUT2D eigenvalue weighted by atomic mass is 10.1. The van der Waals surface area contributed by atoms with Crippen molar-refractivity contribution in [2.45, 2.75) is 26.7 Å². The smallest absolute Gasteiger partial charge is 0.251 e. The molecule has 1 aromatic heterocycles. The number of aliphatic imine (C=N–C) groups is 1. The zero-order valence-electron chi connectivity index (χ0n) is 9.40. The first-order valence-electron chi connectivity index (χ1n) is 4.91. The number of carbonyl (C=O) groups excluding carboxylic acids is 1. The Morgan fingerprint density at radius 3 is 2.38 bits per heavy atom. The SMILES string of the molecule is Cc1nc(/N=C\N)nc(C)c1CCC(N)=O. The summed E-state index contributed by atoms with van der Waals surface area (Å²) in [6.07, 6.45) is 2.00. The second-order valence-electron chi connectivity index (χ2n) is 3.42. The van der Waals surface area contributed by atoms with Gasteiger partial charge in [0.1, 0.15) is 0 Å². The van der Waals surface area contributed by atoms with E-state index in [0.717, 1.165) is 23.3 Å². The third kappa shape index (κ3) is 3.01. The van der Waals surface area contributed by atoms with Crippen molar-refractivity contribution in [2.24, 2.45) is 16.5 Å². The summed E-state index contributed by atoms with van der Waals surface area (Å²) in [5, 5.41) is 0. The average Bonchev–Trinajstić information content (AvgIpc) is 2.16. The van der Waals surface area contributed by atoms with Crippen LogP contribution in [0.3, 0.4) is 0 Å². The van der Waals surface area contributed by atoms with Gasteiger partial charge in [0.05, 0.1) is 6.34 Å². The van der Waals surface area contributed by atoms with Gasteiger partial charge in [-0.15, -0.1) is 0 Å². The number of aryl methyl sites for hydroxylation is 2. The lowest BCUT2D eigenvalue weighted by molar-refractivity contribution is -0.117. The van der Waals surface area contributed by atoms with Gasteiger partial charge in [-0.2, -0.15) is 0 Å². The fourth-order valence-corrected chi connectivity index (χ4v) is 1.46. The molecule has 0 aromatic carbocycles. The van der Waals surface area contributed by atoms with Gasteiger partial charge >= 0.3 is 0 Å². The first kappa shape index (κ1) is 12.1. The fourth-order valence-electron chi connectivity index (χ4n) is 1.46. The molecule has 0 saturated carbocycles. The molecule has 0 aliphatic carbocycles. The molecule has 0 bridgehead atoms. The molecule has 0 saturated heterocycles. The molecule has 0 unspecified atom stereocenters. The van der Waals surface area contributed by atoms with E-state index in [1.54, 1.807) is 0 Å². The summed E-state index contributed by atoms with van der Waals surface area (Å²) in [7, 11) is 0. The minimum atomic E-state index is -0.331. The van der Waals surface area contributed by atoms with E-state index < -0.39 is 0 Å². The molecule has 0 aliphatic heterocycles. The van der Waals surface area contributed by atoms with Crippen LogP contribution in [0.15, 0.2) is 4.99 Å². The van der Waals surface area contributed by atoms with Crippen LogP contribution >= 0.6 is 0 Å². The van der Waals surface area contributed by atoms with E-state index in [-0.39, 0.29) is 5.91 Å². The highest BCUT2D eigenvalue weighted by atomic mass is 16.1. The summed E-state index contributed by atoms with van der Waals surface area (Å²) in [6, 6.07) is 0. The van der Waals surface area contributed by atoms with Gasteiger partial charge in [-0.05, 0) is 25.8 Å². The number of nitrogens with zero attached hydrogens (tertiary/aromatic N) is 3. The van der Waals surface area contributed by atoms with Crippen LogP contribution in [0.2, 0.25) is 0 Å². The Balaban J connectivity index is 2.98. The maximum Gasteiger partial charge on any atom is 0.251 e. The van der Waals surface area contributed by atoms with E-state index in [0.29, 0.717) is 18.8 Å². The second-order valence-corrected chi connectivity index (χ2v) is 3.42. The van der Waals surface area contributed by atoms with E-state index in [4.69, 9.17) is 11.5 Å². The van der Waals surface area contributed by atoms with E-state index in [9.17, 15) is 4.79 Å². The fraction of sp³-hybridized carbons (Fsp3) is 0.400. The number of aromatic nitrogens is 2. The van der Waals surface area contributed by atoms with Crippen molar-refractivity contribution >= 4 is 18.2 Å². The van der Waals surface area contributed by atoms with E-state index in [1.165, 1.54) is 0 Å². The Morgan fingerprint density at radius 2 is 1.94 bits per heavy atom. The van der Waals surface area contributed by atoms with E-state index in [2.05, 4.69) is 15.0 Å². The predicted octanol–water partition coefficient (Wildman–Crippen LogP) is 0.130. The second kappa shape index (κ2) is 5.20. The molecule has 1 heterocycles. The molecular formula is C10H15N5O. The standard InChI is InChI=1S/C10H15N5O/c1-6-8(3-4-9(12)16)7(2)15-10(14-6)13-5-11/h5H,3-4H2,1-2H3,(H2,12,16)(H2,11,13,14,15). The van der Waals surface area contributed by atoms with Crippen LogP contribution in [0.25, 0.3) is 0 Å². The molecule has 16 heavy (non-hydrogen) atoms. The van der Waals surface area contributed by atoms with Crippen molar-refractivity contribution < 1.29 is 4.79 Å². The minimum Gasteiger partial charge on any atom is -0.390 e. The molecule has 0 aliphatic rings. The third-order valence-electron chi connectivity index (χ3n) is 2.22. The molecule has 0 fully saturated rings. The minimum absolute atomic E-state index is 0.296. The molecule has 0 spiro atoms. The summed E-state index contributed by atoms with van der Waals surface area (Å²) in [4.78, 5) is 22.8. The van der Waals surface area contributed by atoms with Gasteiger partial charge in [0.25, 0.3) is 5.95 Å². The summed E-state index contributed by atoms with van der Waals surface area (Å²) in [5.74, 6) is 0.00294. The van der Waals surface area contributed by atoms with Crippen molar-refractivity contribution in [3.05, 3.63) is 17.0 Å². The van der Waals surface area contributed by atoms with Gasteiger partial charge in [-0.3, -0.25) is 4.79 Å². The van der Waals surface area contributed by atoms with Crippen LogP contribution in [-0.4, -0.2) is 22.2 Å². The Bertz CT molecular complexity index is 404. The molecule has 1 rings (SSSR count). The van der Waals surface area contributed by atoms with E-state index >= 15 is 0 Å². The zero-order valence-corrected chi connectivity index (χ0v) is 9.40. The van der Waals surface area contributed by atoms with Crippen molar-refractivity contribution in [1.82, 2.24) is 9.97 Å². The maximum absolute atomic E-state index is 10.7. The molecule has 1 aromatic rings. The monoisotopic (exact) mass is 221 g/mol. The summed E-state index contributed by atoms with van der Waals surface area (Å²) in [5.41, 5.74) is 12.8. The number of amides is 1. The zero-order chi connectivity index (χ0) is 12.1. The topological polar surface area (TPSA) is 107 Å². The average molecular weight is 221 g/mol. The van der Waals surface area contributed by atoms with Crippen molar-refractivity contribution in [2.75, 3.05) is 0 Å². The first-order chi connectivity index (χ1) is 7.54. The van der Waals surface area contributed by atoms with Crippen LogP contribution < -0.4 is 11.5 Å². The number of hydrogen-bond acceptors (Lipinski definition) is 4. The van der Waals surface area contributed by atoms with Gasteiger partial charge in [0, 0.05) is 17.8 Å². The number of carbonyl (C=O) groups is 1. The third-order valence-corrected chi connectivity index (χ3v) is 2.22. The largest absolute Gasteiger partial charge is 0.390 e. The van der Waals surface area contributed by atoms with Gasteiger partial charge in [0.15, 0.2) is 0 Å². The Labute approximate surface area is 93.8 Å². The Morgan fingerprint density at radius 1 is 1.38 bits per heavy atom. The molecule has 6 heteroatoms. The van der Waals surface area contributed by atoms with Crippen molar-refractivity contribution in [3.63, 3.8) is 0 Å². The van der Waals surface area contributed by atoms with Crippen LogP contribution in [-0.2, 0) is 11.2 Å². The highest BCUT2D eigenvalue weighted by Crippen LogP contribution is 2.15. The number of rotatable bonds is 4. The van der Waals surface area contributed by atoms with Gasteiger partial charge < -0.3 is 11.5 Å². The number of hydrogen-bond donors (Lipinski definition) is 2. The molecule has 0 radical (unpaired) electrons. The molecule has 1 amide bonds. The van der Waals surface area contributed by atoms with Gasteiger partial charge in [-0.1, -0.05) is 0 Å². The lowest BCUT2D eigenvalue weighted by Crippen LogP contribution is -2.12. The van der Waals surface area contributed by atoms with Crippen LogP contribution in [0.4, 0.5) is 5.95 Å². The van der Waals surface area contributed by atoms with E-state index in [1.807, 2.05) is 13.8 Å². The van der Waals surface area contributed by atoms with Gasteiger partial charge in [-0.25, -0.2) is 15.0 Å².